The number of nitrogens with zero attached hydrogens (tertiary/aromatic N) is 1. The summed E-state index contributed by atoms with van der Waals surface area (Å²) in [6, 6.07) is 21.1. The first-order valence-corrected chi connectivity index (χ1v) is 9.05. The second-order valence-corrected chi connectivity index (χ2v) is 7.05. The van der Waals surface area contributed by atoms with Crippen LogP contribution in [-0.4, -0.2) is 15.6 Å². The van der Waals surface area contributed by atoms with Crippen LogP contribution in [0.15, 0.2) is 60.7 Å². The number of carboxylic acid groups (broad SMARTS) is 1. The maximum Gasteiger partial charge on any atom is 0.303 e. The Kier molecular flexibility index (Phi) is 5.27. The van der Waals surface area contributed by atoms with E-state index in [0.717, 1.165) is 22.6 Å². The summed E-state index contributed by atoms with van der Waals surface area (Å²) in [6.45, 7) is 6.44. The van der Waals surface area contributed by atoms with Gasteiger partial charge in [0, 0.05) is 11.4 Å². The lowest BCUT2D eigenvalue weighted by atomic mass is 10.0. The summed E-state index contributed by atoms with van der Waals surface area (Å²) >= 11 is 0. The van der Waals surface area contributed by atoms with Crippen LogP contribution in [-0.2, 0) is 11.2 Å². The molecule has 0 spiro atoms. The fourth-order valence-electron chi connectivity index (χ4n) is 3.17. The molecular weight excluding hydrogens is 322 g/mol. The van der Waals surface area contributed by atoms with Crippen molar-refractivity contribution in [1.29, 1.82) is 0 Å². The molecule has 1 aromatic heterocycles. The van der Waals surface area contributed by atoms with E-state index in [-0.39, 0.29) is 6.42 Å². The number of aliphatic carboxylic acids is 1. The van der Waals surface area contributed by atoms with E-state index in [2.05, 4.69) is 79.9 Å². The summed E-state index contributed by atoms with van der Waals surface area (Å²) in [6.07, 6.45) is 0.633. The summed E-state index contributed by atoms with van der Waals surface area (Å²) in [7, 11) is 0. The lowest BCUT2D eigenvalue weighted by molar-refractivity contribution is -0.136. The van der Waals surface area contributed by atoms with Gasteiger partial charge in [-0.15, -0.1) is 0 Å². The number of carbonyl (C=O) groups is 1. The molecule has 3 heteroatoms. The number of rotatable bonds is 6. The molecule has 0 atom stereocenters. The molecular formula is C23H25NO2. The fraction of sp³-hybridized carbons (Fsp3) is 0.261. The van der Waals surface area contributed by atoms with Crippen LogP contribution in [0.3, 0.4) is 0 Å². The zero-order chi connectivity index (χ0) is 18.7. The minimum absolute atomic E-state index is 0.126. The Morgan fingerprint density at radius 1 is 0.962 bits per heavy atom. The zero-order valence-electron chi connectivity index (χ0n) is 15.6. The van der Waals surface area contributed by atoms with Gasteiger partial charge in [-0.25, -0.2) is 0 Å². The van der Waals surface area contributed by atoms with Gasteiger partial charge in [0.2, 0.25) is 0 Å². The van der Waals surface area contributed by atoms with E-state index in [1.54, 1.807) is 0 Å². The number of carboxylic acids is 1. The van der Waals surface area contributed by atoms with Crippen LogP contribution >= 0.6 is 0 Å². The number of hydrogen-bond acceptors (Lipinski definition) is 1. The first kappa shape index (κ1) is 18.0. The maximum atomic E-state index is 11.0. The monoisotopic (exact) mass is 347 g/mol. The Hall–Kier alpha value is -2.81. The quantitative estimate of drug-likeness (QED) is 0.631. The summed E-state index contributed by atoms with van der Waals surface area (Å²) in [5.41, 5.74) is 6.81. The van der Waals surface area contributed by atoms with Gasteiger partial charge >= 0.3 is 5.97 Å². The third-order valence-electron chi connectivity index (χ3n) is 4.72. The second-order valence-electron chi connectivity index (χ2n) is 7.05. The maximum absolute atomic E-state index is 11.0. The summed E-state index contributed by atoms with van der Waals surface area (Å²) in [5.74, 6) is -0.290. The molecule has 0 fully saturated rings. The van der Waals surface area contributed by atoms with Crippen LogP contribution in [0.5, 0.6) is 0 Å². The zero-order valence-corrected chi connectivity index (χ0v) is 15.6. The van der Waals surface area contributed by atoms with Crippen molar-refractivity contribution in [3.63, 3.8) is 0 Å². The molecule has 1 N–H and O–H groups in total. The van der Waals surface area contributed by atoms with Crippen LogP contribution in [0.25, 0.3) is 16.9 Å². The van der Waals surface area contributed by atoms with Crippen LogP contribution in [0, 0.1) is 6.92 Å². The molecule has 3 nitrogen and oxygen atoms in total. The topological polar surface area (TPSA) is 42.2 Å². The van der Waals surface area contributed by atoms with Gasteiger partial charge in [-0.1, -0.05) is 55.8 Å². The van der Waals surface area contributed by atoms with Crippen LogP contribution < -0.4 is 0 Å². The molecule has 0 saturated carbocycles. The third-order valence-corrected chi connectivity index (χ3v) is 4.72. The van der Waals surface area contributed by atoms with Gasteiger partial charge in [-0.3, -0.25) is 4.79 Å². The van der Waals surface area contributed by atoms with Crippen molar-refractivity contribution in [3.05, 3.63) is 77.5 Å². The molecule has 2 aromatic carbocycles. The molecule has 0 saturated heterocycles. The molecule has 0 aliphatic rings. The van der Waals surface area contributed by atoms with Gasteiger partial charge in [0.05, 0.1) is 12.1 Å². The fourth-order valence-corrected chi connectivity index (χ4v) is 3.17. The van der Waals surface area contributed by atoms with Crippen molar-refractivity contribution in [1.82, 2.24) is 4.57 Å². The van der Waals surface area contributed by atoms with Crippen molar-refractivity contribution in [2.24, 2.45) is 0 Å². The molecule has 1 heterocycles. The Balaban J connectivity index is 2.07. The number of aromatic nitrogens is 1. The minimum Gasteiger partial charge on any atom is -0.481 e. The molecule has 0 bridgehead atoms. The second kappa shape index (κ2) is 7.61. The van der Waals surface area contributed by atoms with Gasteiger partial charge in [-0.2, -0.15) is 0 Å². The van der Waals surface area contributed by atoms with E-state index in [1.165, 1.54) is 11.1 Å². The molecule has 0 aliphatic heterocycles. The number of benzene rings is 2. The van der Waals surface area contributed by atoms with E-state index < -0.39 is 5.97 Å². The van der Waals surface area contributed by atoms with Gasteiger partial charge in [0.15, 0.2) is 0 Å². The van der Waals surface area contributed by atoms with E-state index in [9.17, 15) is 4.79 Å². The van der Waals surface area contributed by atoms with Crippen molar-refractivity contribution in [2.75, 3.05) is 0 Å². The Bertz CT molecular complexity index is 887. The highest BCUT2D eigenvalue weighted by atomic mass is 16.4. The highest BCUT2D eigenvalue weighted by Crippen LogP contribution is 2.28. The summed E-state index contributed by atoms with van der Waals surface area (Å²) in [4.78, 5) is 11.0. The van der Waals surface area contributed by atoms with Crippen molar-refractivity contribution >= 4 is 5.97 Å². The molecule has 134 valence electrons. The lowest BCUT2D eigenvalue weighted by Gasteiger charge is -2.15. The third kappa shape index (κ3) is 3.88. The van der Waals surface area contributed by atoms with Gasteiger partial charge in [0.25, 0.3) is 0 Å². The Labute approximate surface area is 154 Å². The molecule has 26 heavy (non-hydrogen) atoms. The van der Waals surface area contributed by atoms with Crippen molar-refractivity contribution < 1.29 is 9.90 Å². The first-order valence-electron chi connectivity index (χ1n) is 9.05. The Morgan fingerprint density at radius 2 is 1.62 bits per heavy atom. The molecule has 3 rings (SSSR count). The SMILES string of the molecule is Cc1ccc(-c2ccc(CCC(=O)O)n2-c2ccc(C(C)C)cc2)cc1. The van der Waals surface area contributed by atoms with Crippen LogP contribution in [0.4, 0.5) is 0 Å². The molecule has 0 radical (unpaired) electrons. The van der Waals surface area contributed by atoms with E-state index in [4.69, 9.17) is 5.11 Å². The number of aryl methyl sites for hydroxylation is 2. The van der Waals surface area contributed by atoms with Crippen LogP contribution in [0.1, 0.15) is 43.0 Å². The average Bonchev–Trinajstić information content (AvgIpc) is 3.04. The highest BCUT2D eigenvalue weighted by Gasteiger charge is 2.13. The minimum atomic E-state index is -0.773. The van der Waals surface area contributed by atoms with E-state index >= 15 is 0 Å². The van der Waals surface area contributed by atoms with Crippen molar-refractivity contribution in [3.8, 4) is 16.9 Å². The standard InChI is InChI=1S/C23H25NO2/c1-16(2)18-8-10-20(11-9-18)24-21(13-15-23(25)26)12-14-22(24)19-6-4-17(3)5-7-19/h4-12,14,16H,13,15H2,1-3H3,(H,25,26). The van der Waals surface area contributed by atoms with Gasteiger partial charge in [0.1, 0.15) is 0 Å². The summed E-state index contributed by atoms with van der Waals surface area (Å²) < 4.78 is 2.18. The van der Waals surface area contributed by atoms with Crippen LogP contribution in [0.2, 0.25) is 0 Å². The van der Waals surface area contributed by atoms with Crippen molar-refractivity contribution in [2.45, 2.75) is 39.5 Å². The predicted octanol–water partition coefficient (Wildman–Crippen LogP) is 5.59. The highest BCUT2D eigenvalue weighted by molar-refractivity contribution is 5.68. The predicted molar refractivity (Wildman–Crippen MR) is 106 cm³/mol. The molecule has 0 amide bonds. The molecule has 0 unspecified atom stereocenters. The van der Waals surface area contributed by atoms with Gasteiger partial charge in [-0.05, 0) is 54.7 Å². The normalized spacial score (nSPS) is 11.1. The lowest BCUT2D eigenvalue weighted by Crippen LogP contribution is -2.05. The van der Waals surface area contributed by atoms with E-state index in [0.29, 0.717) is 12.3 Å². The smallest absolute Gasteiger partial charge is 0.303 e. The Morgan fingerprint density at radius 3 is 2.19 bits per heavy atom. The number of hydrogen-bond donors (Lipinski definition) is 1. The molecule has 0 aliphatic carbocycles. The first-order chi connectivity index (χ1) is 12.5. The average molecular weight is 347 g/mol. The summed E-state index contributed by atoms with van der Waals surface area (Å²) in [5, 5.41) is 9.08. The largest absolute Gasteiger partial charge is 0.481 e. The van der Waals surface area contributed by atoms with E-state index in [1.807, 2.05) is 6.07 Å². The van der Waals surface area contributed by atoms with Gasteiger partial charge < -0.3 is 9.67 Å². The molecule has 3 aromatic rings.